The van der Waals surface area contributed by atoms with E-state index in [1.54, 1.807) is 0 Å². The van der Waals surface area contributed by atoms with Crippen molar-refractivity contribution in [2.24, 2.45) is 0 Å². The third-order valence-corrected chi connectivity index (χ3v) is 3.28. The van der Waals surface area contributed by atoms with Crippen molar-refractivity contribution in [3.05, 3.63) is 34.9 Å². The molecule has 0 bridgehead atoms. The number of morpholine rings is 1. The monoisotopic (exact) mass is 234 g/mol. The molecule has 1 saturated heterocycles. The first-order valence-electron chi connectivity index (χ1n) is 6.35. The van der Waals surface area contributed by atoms with Gasteiger partial charge in [-0.15, -0.1) is 0 Å². The Morgan fingerprint density at radius 2 is 2.24 bits per heavy atom. The zero-order valence-electron chi connectivity index (χ0n) is 10.8. The molecule has 0 aliphatic carbocycles. The third-order valence-electron chi connectivity index (χ3n) is 3.28. The summed E-state index contributed by atoms with van der Waals surface area (Å²) in [6, 6.07) is 6.63. The molecule has 1 atom stereocenters. The van der Waals surface area contributed by atoms with E-state index >= 15 is 0 Å². The fourth-order valence-electron chi connectivity index (χ4n) is 2.04. The summed E-state index contributed by atoms with van der Waals surface area (Å²) in [7, 11) is 0. The predicted molar refractivity (Wildman–Crippen MR) is 70.2 cm³/mol. The average molecular weight is 234 g/mol. The zero-order chi connectivity index (χ0) is 12.1. The normalized spacial score (nSPS) is 20.5. The van der Waals surface area contributed by atoms with Gasteiger partial charge in [0.05, 0.1) is 12.7 Å². The van der Waals surface area contributed by atoms with Gasteiger partial charge in [0.25, 0.3) is 0 Å². The van der Waals surface area contributed by atoms with Crippen molar-refractivity contribution < 1.29 is 4.74 Å². The van der Waals surface area contributed by atoms with Gasteiger partial charge in [-0.2, -0.15) is 0 Å². The van der Waals surface area contributed by atoms with Gasteiger partial charge in [0.1, 0.15) is 0 Å². The minimum absolute atomic E-state index is 0.315. The Balaban J connectivity index is 1.75. The highest BCUT2D eigenvalue weighted by Gasteiger charge is 2.12. The number of benzene rings is 1. The average Bonchev–Trinajstić information content (AvgIpc) is 2.35. The van der Waals surface area contributed by atoms with Crippen molar-refractivity contribution in [2.75, 3.05) is 26.2 Å². The predicted octanol–water partition coefficient (Wildman–Crippen LogP) is 1.38. The lowest BCUT2D eigenvalue weighted by molar-refractivity contribution is 0.0290. The van der Waals surface area contributed by atoms with Crippen molar-refractivity contribution in [3.8, 4) is 0 Å². The van der Waals surface area contributed by atoms with Gasteiger partial charge < -0.3 is 15.4 Å². The van der Waals surface area contributed by atoms with E-state index in [1.807, 2.05) is 0 Å². The second kappa shape index (κ2) is 6.15. The minimum Gasteiger partial charge on any atom is -0.374 e. The molecule has 0 radical (unpaired) electrons. The van der Waals surface area contributed by atoms with Gasteiger partial charge in [-0.25, -0.2) is 0 Å². The Morgan fingerprint density at radius 1 is 1.35 bits per heavy atom. The van der Waals surface area contributed by atoms with Gasteiger partial charge in [0.15, 0.2) is 0 Å². The summed E-state index contributed by atoms with van der Waals surface area (Å²) in [6.07, 6.45) is 0.315. The molecule has 2 N–H and O–H groups in total. The molecule has 1 heterocycles. The molecule has 2 rings (SSSR count). The zero-order valence-corrected chi connectivity index (χ0v) is 10.8. The van der Waals surface area contributed by atoms with Crippen LogP contribution in [0.2, 0.25) is 0 Å². The summed E-state index contributed by atoms with van der Waals surface area (Å²) >= 11 is 0. The van der Waals surface area contributed by atoms with Crippen molar-refractivity contribution in [3.63, 3.8) is 0 Å². The SMILES string of the molecule is Cc1ccc(CNCC2CNCCO2)cc1C. The summed E-state index contributed by atoms with van der Waals surface area (Å²) in [5.74, 6) is 0. The number of nitrogens with one attached hydrogen (secondary N) is 2. The van der Waals surface area contributed by atoms with Crippen molar-refractivity contribution in [1.82, 2.24) is 10.6 Å². The Hall–Kier alpha value is -0.900. The largest absolute Gasteiger partial charge is 0.374 e. The quantitative estimate of drug-likeness (QED) is 0.826. The fourth-order valence-corrected chi connectivity index (χ4v) is 2.04. The Morgan fingerprint density at radius 3 is 2.94 bits per heavy atom. The second-order valence-corrected chi connectivity index (χ2v) is 4.75. The molecule has 1 aliphatic rings. The van der Waals surface area contributed by atoms with Gasteiger partial charge in [-0.05, 0) is 30.5 Å². The lowest BCUT2D eigenvalue weighted by Crippen LogP contribution is -2.43. The van der Waals surface area contributed by atoms with Crippen LogP contribution in [-0.4, -0.2) is 32.3 Å². The van der Waals surface area contributed by atoms with Crippen molar-refractivity contribution in [2.45, 2.75) is 26.5 Å². The van der Waals surface area contributed by atoms with Crippen LogP contribution in [-0.2, 0) is 11.3 Å². The summed E-state index contributed by atoms with van der Waals surface area (Å²) in [4.78, 5) is 0. The van der Waals surface area contributed by atoms with Gasteiger partial charge in [-0.3, -0.25) is 0 Å². The highest BCUT2D eigenvalue weighted by molar-refractivity contribution is 5.29. The van der Waals surface area contributed by atoms with Crippen LogP contribution >= 0.6 is 0 Å². The molecule has 0 aromatic heterocycles. The number of hydrogen-bond acceptors (Lipinski definition) is 3. The fraction of sp³-hybridized carbons (Fsp3) is 0.571. The van der Waals surface area contributed by atoms with Gasteiger partial charge in [-0.1, -0.05) is 18.2 Å². The first-order valence-corrected chi connectivity index (χ1v) is 6.35. The highest BCUT2D eigenvalue weighted by Crippen LogP contribution is 2.09. The number of hydrogen-bond donors (Lipinski definition) is 2. The standard InChI is InChI=1S/C14H22N2O/c1-11-3-4-13(7-12(11)2)8-16-10-14-9-15-5-6-17-14/h3-4,7,14-16H,5-6,8-10H2,1-2H3. The van der Waals surface area contributed by atoms with E-state index in [0.29, 0.717) is 6.10 Å². The maximum absolute atomic E-state index is 5.63. The van der Waals surface area contributed by atoms with E-state index in [2.05, 4.69) is 42.7 Å². The van der Waals surface area contributed by atoms with E-state index < -0.39 is 0 Å². The summed E-state index contributed by atoms with van der Waals surface area (Å²) in [5, 5.41) is 6.79. The van der Waals surface area contributed by atoms with E-state index in [4.69, 9.17) is 4.74 Å². The molecular formula is C14H22N2O. The molecule has 1 unspecified atom stereocenters. The van der Waals surface area contributed by atoms with Crippen LogP contribution in [0.3, 0.4) is 0 Å². The van der Waals surface area contributed by atoms with E-state index in [1.165, 1.54) is 16.7 Å². The Labute approximate surface area is 104 Å². The molecule has 0 amide bonds. The molecule has 1 fully saturated rings. The van der Waals surface area contributed by atoms with E-state index in [-0.39, 0.29) is 0 Å². The number of aryl methyl sites for hydroxylation is 2. The van der Waals surface area contributed by atoms with E-state index in [0.717, 1.165) is 32.8 Å². The Kier molecular flexibility index (Phi) is 4.54. The van der Waals surface area contributed by atoms with Crippen LogP contribution in [0.4, 0.5) is 0 Å². The van der Waals surface area contributed by atoms with Crippen LogP contribution in [0, 0.1) is 13.8 Å². The molecule has 1 aromatic rings. The summed E-state index contributed by atoms with van der Waals surface area (Å²) in [5.41, 5.74) is 4.06. The van der Waals surface area contributed by atoms with Crippen molar-refractivity contribution >= 4 is 0 Å². The third kappa shape index (κ3) is 3.80. The first kappa shape index (κ1) is 12.6. The molecule has 0 saturated carbocycles. The highest BCUT2D eigenvalue weighted by atomic mass is 16.5. The molecule has 3 heteroatoms. The second-order valence-electron chi connectivity index (χ2n) is 4.75. The van der Waals surface area contributed by atoms with Crippen LogP contribution in [0.25, 0.3) is 0 Å². The van der Waals surface area contributed by atoms with Crippen LogP contribution < -0.4 is 10.6 Å². The van der Waals surface area contributed by atoms with Gasteiger partial charge in [0.2, 0.25) is 0 Å². The topological polar surface area (TPSA) is 33.3 Å². The summed E-state index contributed by atoms with van der Waals surface area (Å²) < 4.78 is 5.63. The molecule has 0 spiro atoms. The maximum Gasteiger partial charge on any atom is 0.0824 e. The Bertz CT molecular complexity index is 359. The smallest absolute Gasteiger partial charge is 0.0824 e. The van der Waals surface area contributed by atoms with Crippen LogP contribution in [0.15, 0.2) is 18.2 Å². The lowest BCUT2D eigenvalue weighted by atomic mass is 10.1. The minimum atomic E-state index is 0.315. The van der Waals surface area contributed by atoms with Gasteiger partial charge >= 0.3 is 0 Å². The summed E-state index contributed by atoms with van der Waals surface area (Å²) in [6.45, 7) is 8.91. The lowest BCUT2D eigenvalue weighted by Gasteiger charge is -2.23. The first-order chi connectivity index (χ1) is 8.25. The number of rotatable bonds is 4. The molecule has 17 heavy (non-hydrogen) atoms. The molecular weight excluding hydrogens is 212 g/mol. The molecule has 1 aromatic carbocycles. The van der Waals surface area contributed by atoms with Crippen molar-refractivity contribution in [1.29, 1.82) is 0 Å². The van der Waals surface area contributed by atoms with E-state index in [9.17, 15) is 0 Å². The van der Waals surface area contributed by atoms with Crippen LogP contribution in [0.5, 0.6) is 0 Å². The number of ether oxygens (including phenoxy) is 1. The molecule has 94 valence electrons. The molecule has 1 aliphatic heterocycles. The van der Waals surface area contributed by atoms with Crippen LogP contribution in [0.1, 0.15) is 16.7 Å². The molecule has 3 nitrogen and oxygen atoms in total. The van der Waals surface area contributed by atoms with Gasteiger partial charge in [0, 0.05) is 26.2 Å². The maximum atomic E-state index is 5.63.